The molecule has 7 nitrogen and oxygen atoms in total. The molecule has 27 heavy (non-hydrogen) atoms. The molecule has 1 aromatic heterocycles. The van der Waals surface area contributed by atoms with Gasteiger partial charge in [0.05, 0.1) is 17.9 Å². The van der Waals surface area contributed by atoms with Crippen LogP contribution in [0.15, 0.2) is 24.4 Å². The van der Waals surface area contributed by atoms with Crippen LogP contribution in [0.5, 0.6) is 0 Å². The number of amides is 1. The van der Waals surface area contributed by atoms with Gasteiger partial charge in [0.2, 0.25) is 0 Å². The first-order valence-corrected chi connectivity index (χ1v) is 8.24. The number of rotatable bonds is 4. The second-order valence-electron chi connectivity index (χ2n) is 6.61. The first-order chi connectivity index (χ1) is 12.7. The number of benzene rings is 1. The van der Waals surface area contributed by atoms with Gasteiger partial charge in [0.1, 0.15) is 23.2 Å². The number of carbonyl (C=O) groups excluding carboxylic acids is 2. The molecule has 0 saturated carbocycles. The van der Waals surface area contributed by atoms with Crippen molar-refractivity contribution in [3.05, 3.63) is 41.5 Å². The van der Waals surface area contributed by atoms with Crippen LogP contribution in [-0.4, -0.2) is 29.3 Å². The Labute approximate surface area is 156 Å². The summed E-state index contributed by atoms with van der Waals surface area (Å²) in [6, 6.07) is 5.87. The summed E-state index contributed by atoms with van der Waals surface area (Å²) in [5.74, 6) is -1.36. The summed E-state index contributed by atoms with van der Waals surface area (Å²) in [5, 5.41) is 11.6. The van der Waals surface area contributed by atoms with E-state index in [9.17, 15) is 19.2 Å². The smallest absolute Gasteiger partial charge is 0.412 e. The highest BCUT2D eigenvalue weighted by molar-refractivity contribution is 5.99. The van der Waals surface area contributed by atoms with Crippen molar-refractivity contribution >= 4 is 17.7 Å². The third kappa shape index (κ3) is 4.85. The predicted octanol–water partition coefficient (Wildman–Crippen LogP) is 4.22. The van der Waals surface area contributed by atoms with Gasteiger partial charge < -0.3 is 14.5 Å². The molecule has 0 aliphatic carbocycles. The maximum atomic E-state index is 14.5. The minimum Gasteiger partial charge on any atom is -0.462 e. The minimum atomic E-state index is -0.791. The lowest BCUT2D eigenvalue weighted by atomic mass is 10.0. The number of carbonyl (C=O) groups is 2. The quantitative estimate of drug-likeness (QED) is 0.781. The molecule has 142 valence electrons. The summed E-state index contributed by atoms with van der Waals surface area (Å²) in [4.78, 5) is 26.6. The Hall–Kier alpha value is -3.34. The molecule has 0 spiro atoms. The molecular weight excluding hydrogens is 353 g/mol. The Bertz CT molecular complexity index is 907. The Balaban J connectivity index is 2.36. The van der Waals surface area contributed by atoms with E-state index in [1.807, 2.05) is 6.07 Å². The first kappa shape index (κ1) is 20.0. The molecule has 8 heteroatoms. The normalized spacial score (nSPS) is 10.8. The molecule has 0 unspecified atom stereocenters. The van der Waals surface area contributed by atoms with E-state index in [1.54, 1.807) is 27.7 Å². The van der Waals surface area contributed by atoms with E-state index in [0.29, 0.717) is 5.56 Å². The second-order valence-corrected chi connectivity index (χ2v) is 6.61. The van der Waals surface area contributed by atoms with E-state index in [1.165, 1.54) is 18.3 Å². The highest BCUT2D eigenvalue weighted by atomic mass is 19.1. The average Bonchev–Trinajstić information content (AvgIpc) is 2.99. The number of ether oxygens (including phenoxy) is 2. The number of anilines is 1. The van der Waals surface area contributed by atoms with Crippen molar-refractivity contribution in [2.75, 3.05) is 11.9 Å². The highest BCUT2D eigenvalue weighted by Crippen LogP contribution is 2.30. The number of halogens is 1. The number of aromatic amines is 1. The molecule has 0 bridgehead atoms. The number of nitriles is 1. The van der Waals surface area contributed by atoms with Gasteiger partial charge >= 0.3 is 12.1 Å². The van der Waals surface area contributed by atoms with Gasteiger partial charge in [-0.3, -0.25) is 5.32 Å². The number of hydrogen-bond donors (Lipinski definition) is 2. The number of H-pyrrole nitrogens is 1. The van der Waals surface area contributed by atoms with E-state index < -0.39 is 23.5 Å². The molecule has 0 aliphatic heterocycles. The van der Waals surface area contributed by atoms with Crippen molar-refractivity contribution in [1.29, 1.82) is 5.26 Å². The molecule has 2 aromatic rings. The minimum absolute atomic E-state index is 0.0836. The number of aromatic nitrogens is 1. The van der Waals surface area contributed by atoms with Gasteiger partial charge in [0.15, 0.2) is 0 Å². The molecule has 2 rings (SSSR count). The van der Waals surface area contributed by atoms with E-state index in [-0.39, 0.29) is 29.1 Å². The molecule has 0 fully saturated rings. The van der Waals surface area contributed by atoms with Gasteiger partial charge in [0, 0.05) is 11.8 Å². The van der Waals surface area contributed by atoms with Gasteiger partial charge in [0.25, 0.3) is 0 Å². The van der Waals surface area contributed by atoms with E-state index in [4.69, 9.17) is 9.47 Å². The Morgan fingerprint density at radius 2 is 2.04 bits per heavy atom. The van der Waals surface area contributed by atoms with Crippen molar-refractivity contribution in [3.63, 3.8) is 0 Å². The molecule has 0 radical (unpaired) electrons. The monoisotopic (exact) mass is 373 g/mol. The zero-order valence-electron chi connectivity index (χ0n) is 15.5. The summed E-state index contributed by atoms with van der Waals surface area (Å²) in [6.45, 7) is 6.90. The molecule has 0 aliphatic rings. The molecular formula is C19H20FN3O4. The second kappa shape index (κ2) is 7.91. The highest BCUT2D eigenvalue weighted by Gasteiger charge is 2.22. The van der Waals surface area contributed by atoms with E-state index >= 15 is 0 Å². The Morgan fingerprint density at radius 3 is 2.59 bits per heavy atom. The maximum Gasteiger partial charge on any atom is 0.412 e. The molecule has 1 amide bonds. The van der Waals surface area contributed by atoms with Crippen LogP contribution in [-0.2, 0) is 9.47 Å². The van der Waals surface area contributed by atoms with Crippen LogP contribution in [0.25, 0.3) is 11.1 Å². The summed E-state index contributed by atoms with van der Waals surface area (Å²) in [7, 11) is 0. The standard InChI is InChI=1S/C19H20FN3O4/c1-5-26-17(24)12-10-22-15(9-21)16(12)11-6-7-14(13(20)8-11)23-18(25)27-19(2,3)4/h6-8,10,22H,5H2,1-4H3,(H,23,25). The third-order valence-corrected chi connectivity index (χ3v) is 3.38. The topological polar surface area (TPSA) is 104 Å². The van der Waals surface area contributed by atoms with Crippen molar-refractivity contribution in [1.82, 2.24) is 4.98 Å². The number of hydrogen-bond acceptors (Lipinski definition) is 5. The first-order valence-electron chi connectivity index (χ1n) is 8.24. The van der Waals surface area contributed by atoms with Crippen LogP contribution in [0.1, 0.15) is 43.7 Å². The van der Waals surface area contributed by atoms with Gasteiger partial charge in [-0.2, -0.15) is 5.26 Å². The van der Waals surface area contributed by atoms with Crippen LogP contribution in [0.2, 0.25) is 0 Å². The lowest BCUT2D eigenvalue weighted by molar-refractivity contribution is 0.0526. The Kier molecular flexibility index (Phi) is 5.85. The van der Waals surface area contributed by atoms with Gasteiger partial charge in [-0.15, -0.1) is 0 Å². The molecule has 2 N–H and O–H groups in total. The van der Waals surface area contributed by atoms with Crippen molar-refractivity contribution < 1.29 is 23.5 Å². The van der Waals surface area contributed by atoms with Crippen molar-refractivity contribution in [2.45, 2.75) is 33.3 Å². The number of esters is 1. The van der Waals surface area contributed by atoms with E-state index in [0.717, 1.165) is 6.07 Å². The number of nitrogens with one attached hydrogen (secondary N) is 2. The van der Waals surface area contributed by atoms with Crippen LogP contribution in [0.4, 0.5) is 14.9 Å². The average molecular weight is 373 g/mol. The Morgan fingerprint density at radius 1 is 1.33 bits per heavy atom. The van der Waals surface area contributed by atoms with Gasteiger partial charge in [-0.1, -0.05) is 6.07 Å². The molecule has 1 heterocycles. The molecule has 0 saturated heterocycles. The summed E-state index contributed by atoms with van der Waals surface area (Å²) >= 11 is 0. The van der Waals surface area contributed by atoms with E-state index in [2.05, 4.69) is 10.3 Å². The lowest BCUT2D eigenvalue weighted by Crippen LogP contribution is -2.27. The van der Waals surface area contributed by atoms with Crippen molar-refractivity contribution in [3.8, 4) is 17.2 Å². The summed E-state index contributed by atoms with van der Waals surface area (Å²) < 4.78 is 24.5. The zero-order valence-corrected chi connectivity index (χ0v) is 15.5. The van der Waals surface area contributed by atoms with Crippen LogP contribution >= 0.6 is 0 Å². The largest absolute Gasteiger partial charge is 0.462 e. The number of nitrogens with zero attached hydrogens (tertiary/aromatic N) is 1. The summed E-state index contributed by atoms with van der Waals surface area (Å²) in [6.07, 6.45) is 0.553. The van der Waals surface area contributed by atoms with Crippen LogP contribution in [0.3, 0.4) is 0 Å². The third-order valence-electron chi connectivity index (χ3n) is 3.38. The summed E-state index contributed by atoms with van der Waals surface area (Å²) in [5.41, 5.74) is -0.0468. The van der Waals surface area contributed by atoms with Crippen molar-refractivity contribution in [2.24, 2.45) is 0 Å². The zero-order chi connectivity index (χ0) is 20.2. The van der Waals surface area contributed by atoms with Gasteiger partial charge in [-0.05, 0) is 45.4 Å². The fraction of sp³-hybridized carbons (Fsp3) is 0.316. The fourth-order valence-corrected chi connectivity index (χ4v) is 2.37. The van der Waals surface area contributed by atoms with Crippen LogP contribution < -0.4 is 5.32 Å². The predicted molar refractivity (Wildman–Crippen MR) is 96.7 cm³/mol. The van der Waals surface area contributed by atoms with Gasteiger partial charge in [-0.25, -0.2) is 14.0 Å². The maximum absolute atomic E-state index is 14.5. The van der Waals surface area contributed by atoms with Crippen LogP contribution in [0, 0.1) is 17.1 Å². The fourth-order valence-electron chi connectivity index (χ4n) is 2.37. The lowest BCUT2D eigenvalue weighted by Gasteiger charge is -2.19. The molecule has 0 atom stereocenters. The SMILES string of the molecule is CCOC(=O)c1c[nH]c(C#N)c1-c1ccc(NC(=O)OC(C)(C)C)c(F)c1. The molecule has 1 aromatic carbocycles.